The minimum atomic E-state index is -1.34. The molecular formula is C37H48N4O12. The number of methoxy groups -OCH3 is 2. The molecule has 0 radical (unpaired) electrons. The Labute approximate surface area is 306 Å². The molecule has 2 saturated carbocycles. The lowest BCUT2D eigenvalue weighted by atomic mass is 10.0. The highest BCUT2D eigenvalue weighted by molar-refractivity contribution is 6.04. The molecule has 0 unspecified atom stereocenters. The summed E-state index contributed by atoms with van der Waals surface area (Å²) in [6, 6.07) is 5.11. The molecule has 288 valence electrons. The highest BCUT2D eigenvalue weighted by Gasteiger charge is 2.54. The van der Waals surface area contributed by atoms with E-state index < -0.39 is 24.0 Å². The van der Waals surface area contributed by atoms with Crippen molar-refractivity contribution in [3.05, 3.63) is 35.4 Å². The third-order valence-corrected chi connectivity index (χ3v) is 10.9. The Kier molecular flexibility index (Phi) is 11.1. The first-order valence-corrected chi connectivity index (χ1v) is 18.0. The van der Waals surface area contributed by atoms with Gasteiger partial charge in [0.2, 0.25) is 0 Å². The second-order valence-corrected chi connectivity index (χ2v) is 14.7. The second kappa shape index (κ2) is 15.6. The predicted octanol–water partition coefficient (Wildman–Crippen LogP) is 4.49. The monoisotopic (exact) mass is 740 g/mol. The smallest absolute Gasteiger partial charge is 0.409 e. The molecule has 2 spiro atoms. The Morgan fingerprint density at radius 2 is 1.06 bits per heavy atom. The van der Waals surface area contributed by atoms with Crippen LogP contribution in [-0.4, -0.2) is 120 Å². The maximum atomic E-state index is 13.6. The first-order valence-electron chi connectivity index (χ1n) is 18.0. The number of benzene rings is 2. The summed E-state index contributed by atoms with van der Waals surface area (Å²) in [6.07, 6.45) is 4.58. The molecule has 16 nitrogen and oxygen atoms in total. The number of hydrogen-bond donors (Lipinski definition) is 6. The van der Waals surface area contributed by atoms with Crippen LogP contribution in [-0.2, 0) is 0 Å². The maximum Gasteiger partial charge on any atom is 0.409 e. The number of aliphatic hydroxyl groups is 2. The SMILES string of the molecule is COc1cc(C(=O)N2CC3(CC3)C[C@H]2CO)c(NC(=O)O)cc1OCCCCCOc1cc(NC(=O)O)c(C(=O)N2CC3(CC3)C[C@H]2CO)cc1OC. The fourth-order valence-electron chi connectivity index (χ4n) is 7.72. The van der Waals surface area contributed by atoms with E-state index in [9.17, 15) is 39.6 Å². The van der Waals surface area contributed by atoms with Crippen molar-refractivity contribution < 1.29 is 58.6 Å². The number of ether oxygens (including phenoxy) is 4. The molecule has 2 aliphatic carbocycles. The van der Waals surface area contributed by atoms with Gasteiger partial charge in [0.05, 0.1) is 75.2 Å². The molecule has 4 aliphatic rings. The van der Waals surface area contributed by atoms with Crippen molar-refractivity contribution in [3.63, 3.8) is 0 Å². The lowest BCUT2D eigenvalue weighted by Gasteiger charge is -2.25. The second-order valence-electron chi connectivity index (χ2n) is 14.7. The first-order chi connectivity index (χ1) is 25.4. The Balaban J connectivity index is 1.05. The quantitative estimate of drug-likeness (QED) is 0.131. The summed E-state index contributed by atoms with van der Waals surface area (Å²) in [5.74, 6) is 0.255. The molecule has 2 aromatic rings. The molecule has 6 N–H and O–H groups in total. The molecule has 2 heterocycles. The molecule has 4 fully saturated rings. The van der Waals surface area contributed by atoms with Crippen LogP contribution in [0.15, 0.2) is 24.3 Å². The number of aliphatic hydroxyl groups excluding tert-OH is 2. The van der Waals surface area contributed by atoms with Crippen molar-refractivity contribution >= 4 is 35.4 Å². The third-order valence-electron chi connectivity index (χ3n) is 10.9. The fraction of sp³-hybridized carbons (Fsp3) is 0.568. The maximum absolute atomic E-state index is 13.6. The molecule has 16 heteroatoms. The normalized spacial score (nSPS) is 20.3. The van der Waals surface area contributed by atoms with Gasteiger partial charge < -0.3 is 49.2 Å². The zero-order chi connectivity index (χ0) is 37.9. The van der Waals surface area contributed by atoms with E-state index >= 15 is 0 Å². The van der Waals surface area contributed by atoms with E-state index in [1.807, 2.05) is 0 Å². The van der Waals surface area contributed by atoms with Gasteiger partial charge in [-0.15, -0.1) is 0 Å². The molecule has 0 bridgehead atoms. The van der Waals surface area contributed by atoms with Gasteiger partial charge in [0.1, 0.15) is 0 Å². The average molecular weight is 741 g/mol. The van der Waals surface area contributed by atoms with Crippen molar-refractivity contribution in [1.29, 1.82) is 0 Å². The molecule has 4 amide bonds. The number of carboxylic acid groups (broad SMARTS) is 2. The number of carbonyl (C=O) groups is 4. The molecule has 6 rings (SSSR count). The zero-order valence-electron chi connectivity index (χ0n) is 30.0. The minimum Gasteiger partial charge on any atom is -0.493 e. The van der Waals surface area contributed by atoms with E-state index in [4.69, 9.17) is 18.9 Å². The van der Waals surface area contributed by atoms with Crippen LogP contribution in [0.4, 0.5) is 21.0 Å². The van der Waals surface area contributed by atoms with Crippen LogP contribution in [0.25, 0.3) is 0 Å². The summed E-state index contributed by atoms with van der Waals surface area (Å²) < 4.78 is 22.9. The van der Waals surface area contributed by atoms with Crippen molar-refractivity contribution in [3.8, 4) is 23.0 Å². The van der Waals surface area contributed by atoms with Crippen molar-refractivity contribution in [2.24, 2.45) is 10.8 Å². The summed E-state index contributed by atoms with van der Waals surface area (Å²) in [6.45, 7) is 1.17. The fourth-order valence-corrected chi connectivity index (χ4v) is 7.72. The van der Waals surface area contributed by atoms with Crippen molar-refractivity contribution in [2.45, 2.75) is 69.9 Å². The van der Waals surface area contributed by atoms with Crippen LogP contribution in [0.5, 0.6) is 23.0 Å². The summed E-state index contributed by atoms with van der Waals surface area (Å²) in [7, 11) is 2.86. The highest BCUT2D eigenvalue weighted by Crippen LogP contribution is 2.56. The number of carbonyl (C=O) groups excluding carboxylic acids is 2. The lowest BCUT2D eigenvalue weighted by molar-refractivity contribution is 0.0668. The Hall–Kier alpha value is -4.96. The largest absolute Gasteiger partial charge is 0.493 e. The van der Waals surface area contributed by atoms with Gasteiger partial charge in [0.15, 0.2) is 23.0 Å². The van der Waals surface area contributed by atoms with E-state index in [0.29, 0.717) is 32.4 Å². The zero-order valence-corrected chi connectivity index (χ0v) is 30.0. The summed E-state index contributed by atoms with van der Waals surface area (Å²) in [5, 5.41) is 43.5. The van der Waals surface area contributed by atoms with Crippen LogP contribution in [0.3, 0.4) is 0 Å². The van der Waals surface area contributed by atoms with E-state index in [0.717, 1.165) is 38.5 Å². The first kappa shape index (κ1) is 37.8. The third kappa shape index (κ3) is 8.33. The minimum absolute atomic E-state index is 0.0392. The number of likely N-dealkylation sites (tertiary alicyclic amines) is 2. The van der Waals surface area contributed by atoms with Crippen LogP contribution in [0, 0.1) is 10.8 Å². The number of rotatable bonds is 16. The van der Waals surface area contributed by atoms with Gasteiger partial charge in [-0.05, 0) is 80.8 Å². The van der Waals surface area contributed by atoms with Gasteiger partial charge in [-0.3, -0.25) is 20.2 Å². The number of amides is 4. The number of nitrogens with zero attached hydrogens (tertiary/aromatic N) is 2. The molecule has 2 atom stereocenters. The summed E-state index contributed by atoms with van der Waals surface area (Å²) >= 11 is 0. The van der Waals surface area contributed by atoms with Crippen LogP contribution >= 0.6 is 0 Å². The Morgan fingerprint density at radius 1 is 0.660 bits per heavy atom. The molecule has 2 aromatic carbocycles. The molecule has 2 saturated heterocycles. The van der Waals surface area contributed by atoms with Gasteiger partial charge in [0, 0.05) is 25.2 Å². The Bertz CT molecular complexity index is 1600. The van der Waals surface area contributed by atoms with Gasteiger partial charge in [-0.25, -0.2) is 9.59 Å². The summed E-state index contributed by atoms with van der Waals surface area (Å²) in [5.41, 5.74) is 0.403. The number of anilines is 2. The highest BCUT2D eigenvalue weighted by atomic mass is 16.5. The molecular weight excluding hydrogens is 692 g/mol. The molecule has 53 heavy (non-hydrogen) atoms. The van der Waals surface area contributed by atoms with Crippen LogP contribution in [0.1, 0.15) is 78.5 Å². The van der Waals surface area contributed by atoms with E-state index in [-0.39, 0.29) is 94.8 Å². The topological polar surface area (TPSA) is 217 Å². The van der Waals surface area contributed by atoms with E-state index in [1.54, 1.807) is 9.80 Å². The average Bonchev–Trinajstić information content (AvgIpc) is 4.00. The lowest BCUT2D eigenvalue weighted by Crippen LogP contribution is -2.38. The number of nitrogens with one attached hydrogen (secondary N) is 2. The standard InChI is InChI=1S/C37H48N4O12/c1-50-28-12-24(32(44)40-20-36(6-7-36)16-22(40)18-42)26(38-34(46)47)14-30(28)52-10-4-3-5-11-53-31-15-27(39-35(48)49)25(13-29(31)51-2)33(45)41-21-37(8-9-37)17-23(41)19-43/h12-15,22-23,38-39,42-43H,3-11,16-21H2,1-2H3,(H,46,47)(H,48,49)/t22-,23-/m0/s1. The van der Waals surface area contributed by atoms with Crippen LogP contribution in [0.2, 0.25) is 0 Å². The van der Waals surface area contributed by atoms with Gasteiger partial charge in [-0.1, -0.05) is 0 Å². The van der Waals surface area contributed by atoms with Crippen molar-refractivity contribution in [1.82, 2.24) is 9.80 Å². The molecule has 2 aliphatic heterocycles. The van der Waals surface area contributed by atoms with E-state index in [2.05, 4.69) is 10.6 Å². The predicted molar refractivity (Wildman–Crippen MR) is 191 cm³/mol. The van der Waals surface area contributed by atoms with Crippen molar-refractivity contribution in [2.75, 3.05) is 64.4 Å². The van der Waals surface area contributed by atoms with E-state index in [1.165, 1.54) is 38.5 Å². The Morgan fingerprint density at radius 3 is 1.38 bits per heavy atom. The molecule has 0 aromatic heterocycles. The number of unbranched alkanes of at least 4 members (excludes halogenated alkanes) is 2. The number of hydrogen-bond acceptors (Lipinski definition) is 10. The van der Waals surface area contributed by atoms with Gasteiger partial charge >= 0.3 is 12.2 Å². The van der Waals surface area contributed by atoms with Gasteiger partial charge in [0.25, 0.3) is 11.8 Å². The van der Waals surface area contributed by atoms with Gasteiger partial charge in [-0.2, -0.15) is 0 Å². The summed E-state index contributed by atoms with van der Waals surface area (Å²) in [4.78, 5) is 53.8. The van der Waals surface area contributed by atoms with Crippen LogP contribution < -0.4 is 29.6 Å².